The van der Waals surface area contributed by atoms with Crippen molar-refractivity contribution in [3.05, 3.63) is 59.7 Å². The Hall–Kier alpha value is -3.63. The van der Waals surface area contributed by atoms with Gasteiger partial charge in [0.15, 0.2) is 0 Å². The van der Waals surface area contributed by atoms with Gasteiger partial charge in [-0.25, -0.2) is 9.80 Å². The van der Waals surface area contributed by atoms with E-state index in [1.165, 1.54) is 5.01 Å². The van der Waals surface area contributed by atoms with Crippen LogP contribution in [0.2, 0.25) is 0 Å². The highest BCUT2D eigenvalue weighted by Gasteiger charge is 2.36. The molecule has 1 fully saturated rings. The molecule has 0 aliphatic carbocycles. The largest absolute Gasteiger partial charge is 0.497 e. The zero-order valence-electron chi connectivity index (χ0n) is 23.3. The van der Waals surface area contributed by atoms with Gasteiger partial charge in [-0.05, 0) is 49.7 Å². The number of methoxy groups -OCH3 is 2. The average molecular weight is 538 g/mol. The molecular formula is C29H39N5O5. The number of benzene rings is 2. The van der Waals surface area contributed by atoms with E-state index in [9.17, 15) is 9.59 Å². The first kappa shape index (κ1) is 28.4. The van der Waals surface area contributed by atoms with Gasteiger partial charge in [-0.3, -0.25) is 9.69 Å². The number of nitrogens with zero attached hydrogens (tertiary/aromatic N) is 4. The van der Waals surface area contributed by atoms with Gasteiger partial charge < -0.3 is 24.4 Å². The van der Waals surface area contributed by atoms with Crippen LogP contribution in [0.5, 0.6) is 11.5 Å². The van der Waals surface area contributed by atoms with E-state index >= 15 is 0 Å². The third kappa shape index (κ3) is 7.27. The normalized spacial score (nSPS) is 17.6. The summed E-state index contributed by atoms with van der Waals surface area (Å²) in [6, 6.07) is 14.6. The van der Waals surface area contributed by atoms with E-state index in [0.29, 0.717) is 38.5 Å². The van der Waals surface area contributed by atoms with Gasteiger partial charge >= 0.3 is 6.03 Å². The highest BCUT2D eigenvalue weighted by Crippen LogP contribution is 2.37. The second kappa shape index (κ2) is 13.4. The predicted octanol–water partition coefficient (Wildman–Crippen LogP) is 3.13. The molecule has 0 saturated carbocycles. The zero-order valence-corrected chi connectivity index (χ0v) is 23.3. The van der Waals surface area contributed by atoms with E-state index in [0.717, 1.165) is 35.7 Å². The summed E-state index contributed by atoms with van der Waals surface area (Å²) in [6.45, 7) is 7.78. The molecule has 2 aromatic rings. The number of carbonyl (C=O) groups excluding carboxylic acids is 2. The second-order valence-electron chi connectivity index (χ2n) is 9.96. The van der Waals surface area contributed by atoms with Crippen molar-refractivity contribution in [1.82, 2.24) is 20.1 Å². The van der Waals surface area contributed by atoms with Crippen molar-refractivity contribution in [2.24, 2.45) is 5.10 Å². The maximum atomic E-state index is 13.9. The highest BCUT2D eigenvalue weighted by molar-refractivity contribution is 6.03. The molecule has 2 aliphatic rings. The number of hydrazone groups is 1. The van der Waals surface area contributed by atoms with Crippen LogP contribution >= 0.6 is 0 Å². The lowest BCUT2D eigenvalue weighted by Gasteiger charge is -2.31. The predicted molar refractivity (Wildman–Crippen MR) is 149 cm³/mol. The number of urea groups is 1. The van der Waals surface area contributed by atoms with Crippen LogP contribution in [0.3, 0.4) is 0 Å². The Kier molecular flexibility index (Phi) is 9.78. The van der Waals surface area contributed by atoms with Crippen molar-refractivity contribution < 1.29 is 23.8 Å². The number of morpholine rings is 1. The van der Waals surface area contributed by atoms with Crippen molar-refractivity contribution in [1.29, 1.82) is 0 Å². The molecule has 0 radical (unpaired) electrons. The van der Waals surface area contributed by atoms with Crippen molar-refractivity contribution >= 4 is 17.6 Å². The summed E-state index contributed by atoms with van der Waals surface area (Å²) in [6.07, 6.45) is 0.518. The minimum Gasteiger partial charge on any atom is -0.497 e. The summed E-state index contributed by atoms with van der Waals surface area (Å²) in [5.74, 6) is 1.18. The molecule has 2 heterocycles. The Balaban J connectivity index is 1.59. The molecule has 39 heavy (non-hydrogen) atoms. The van der Waals surface area contributed by atoms with Gasteiger partial charge in [-0.2, -0.15) is 5.10 Å². The Bertz CT molecular complexity index is 1150. The van der Waals surface area contributed by atoms with Crippen LogP contribution in [-0.2, 0) is 9.53 Å². The number of carbonyl (C=O) groups is 2. The molecular weight excluding hydrogens is 498 g/mol. The topological polar surface area (TPSA) is 95.9 Å². The van der Waals surface area contributed by atoms with Gasteiger partial charge in [-0.15, -0.1) is 0 Å². The summed E-state index contributed by atoms with van der Waals surface area (Å²) in [4.78, 5) is 30.8. The Morgan fingerprint density at radius 3 is 2.46 bits per heavy atom. The first-order chi connectivity index (χ1) is 18.9. The Morgan fingerprint density at radius 2 is 1.79 bits per heavy atom. The fourth-order valence-corrected chi connectivity index (χ4v) is 4.80. The molecule has 2 aliphatic heterocycles. The number of hydrogen-bond donors (Lipinski definition) is 1. The zero-order chi connectivity index (χ0) is 27.8. The van der Waals surface area contributed by atoms with E-state index in [2.05, 4.69) is 10.2 Å². The molecule has 0 aromatic heterocycles. The smallest absolute Gasteiger partial charge is 0.318 e. The van der Waals surface area contributed by atoms with Gasteiger partial charge in [0.05, 0.1) is 39.2 Å². The number of hydrogen-bond acceptors (Lipinski definition) is 7. The first-order valence-electron chi connectivity index (χ1n) is 13.4. The second-order valence-corrected chi connectivity index (χ2v) is 9.96. The number of ether oxygens (including phenoxy) is 3. The van der Waals surface area contributed by atoms with Crippen molar-refractivity contribution in [2.45, 2.75) is 32.4 Å². The SMILES string of the molecule is COc1ccc(C2=NN(C(=O)CN(CCN3CCOCC3)C(=O)NC(C)C)[C@H](c3ccccc3OC)C2)cc1. The molecule has 2 aromatic carbocycles. The maximum Gasteiger partial charge on any atom is 0.318 e. The maximum absolute atomic E-state index is 13.9. The van der Waals surface area contributed by atoms with Crippen LogP contribution < -0.4 is 14.8 Å². The summed E-state index contributed by atoms with van der Waals surface area (Å²) in [5.41, 5.74) is 2.56. The first-order valence-corrected chi connectivity index (χ1v) is 13.4. The minimum absolute atomic E-state index is 0.0497. The monoisotopic (exact) mass is 537 g/mol. The lowest BCUT2D eigenvalue weighted by atomic mass is 9.97. The Labute approximate surface area is 230 Å². The van der Waals surface area contributed by atoms with Crippen molar-refractivity contribution in [3.63, 3.8) is 0 Å². The molecule has 4 rings (SSSR count). The standard InChI is InChI=1S/C29H39N5O5/c1-21(2)30-29(36)33(14-13-32-15-17-39-18-16-32)20-28(35)34-26(24-7-5-6-8-27(24)38-4)19-25(31-34)22-9-11-23(37-3)12-10-22/h5-12,21,26H,13-20H2,1-4H3,(H,30,36)/t26-/m0/s1. The number of rotatable bonds is 10. The quantitative estimate of drug-likeness (QED) is 0.500. The molecule has 10 heteroatoms. The highest BCUT2D eigenvalue weighted by atomic mass is 16.5. The van der Waals surface area contributed by atoms with Gasteiger partial charge in [0, 0.05) is 44.2 Å². The van der Waals surface area contributed by atoms with Gasteiger partial charge in [0.25, 0.3) is 5.91 Å². The van der Waals surface area contributed by atoms with E-state index in [-0.39, 0.29) is 30.6 Å². The summed E-state index contributed by atoms with van der Waals surface area (Å²) >= 11 is 0. The fraction of sp³-hybridized carbons (Fsp3) is 0.483. The van der Waals surface area contributed by atoms with Crippen LogP contribution in [-0.4, -0.2) is 98.7 Å². The molecule has 1 saturated heterocycles. The number of para-hydroxylation sites is 1. The molecule has 0 unspecified atom stereocenters. The van der Waals surface area contributed by atoms with Crippen molar-refractivity contribution in [2.75, 3.05) is 60.2 Å². The van der Waals surface area contributed by atoms with Crippen LogP contribution in [0.4, 0.5) is 4.79 Å². The van der Waals surface area contributed by atoms with Crippen LogP contribution in [0, 0.1) is 0 Å². The summed E-state index contributed by atoms with van der Waals surface area (Å²) in [7, 11) is 3.25. The van der Waals surface area contributed by atoms with E-state index in [1.807, 2.05) is 62.4 Å². The number of amides is 3. The minimum atomic E-state index is -0.361. The molecule has 1 N–H and O–H groups in total. The number of nitrogens with one attached hydrogen (secondary N) is 1. The van der Waals surface area contributed by atoms with Gasteiger partial charge in [-0.1, -0.05) is 18.2 Å². The fourth-order valence-electron chi connectivity index (χ4n) is 4.80. The van der Waals surface area contributed by atoms with Crippen LogP contribution in [0.1, 0.15) is 37.4 Å². The molecule has 3 amide bonds. The summed E-state index contributed by atoms with van der Waals surface area (Å²) < 4.78 is 16.4. The van der Waals surface area contributed by atoms with Gasteiger partial charge in [0.2, 0.25) is 0 Å². The van der Waals surface area contributed by atoms with Gasteiger partial charge in [0.1, 0.15) is 18.0 Å². The summed E-state index contributed by atoms with van der Waals surface area (Å²) in [5, 5.41) is 9.24. The lowest BCUT2D eigenvalue weighted by Crippen LogP contribution is -2.50. The average Bonchev–Trinajstić information content (AvgIpc) is 3.41. The molecule has 210 valence electrons. The molecule has 0 spiro atoms. The van der Waals surface area contributed by atoms with E-state index in [4.69, 9.17) is 19.3 Å². The Morgan fingerprint density at radius 1 is 1.08 bits per heavy atom. The third-order valence-corrected chi connectivity index (χ3v) is 6.90. The molecule has 10 nitrogen and oxygen atoms in total. The van der Waals surface area contributed by atoms with E-state index < -0.39 is 0 Å². The van der Waals surface area contributed by atoms with Crippen LogP contribution in [0.25, 0.3) is 0 Å². The van der Waals surface area contributed by atoms with Crippen LogP contribution in [0.15, 0.2) is 53.6 Å². The van der Waals surface area contributed by atoms with E-state index in [1.54, 1.807) is 19.1 Å². The lowest BCUT2D eigenvalue weighted by molar-refractivity contribution is -0.133. The van der Waals surface area contributed by atoms with Crippen molar-refractivity contribution in [3.8, 4) is 11.5 Å². The third-order valence-electron chi connectivity index (χ3n) is 6.90. The molecule has 0 bridgehead atoms. The molecule has 1 atom stereocenters.